The Balaban J connectivity index is 2.09. The second-order valence-corrected chi connectivity index (χ2v) is 6.61. The van der Waals surface area contributed by atoms with E-state index in [9.17, 15) is 9.50 Å². The lowest BCUT2D eigenvalue weighted by molar-refractivity contribution is 0.281. The highest BCUT2D eigenvalue weighted by Gasteiger charge is 2.20. The zero-order valence-electron chi connectivity index (χ0n) is 14.2. The molecule has 128 valence electrons. The Labute approximate surface area is 143 Å². The van der Waals surface area contributed by atoms with Crippen molar-refractivity contribution in [1.82, 2.24) is 0 Å². The van der Waals surface area contributed by atoms with Crippen molar-refractivity contribution < 1.29 is 14.2 Å². The topological polar surface area (TPSA) is 29.5 Å². The van der Waals surface area contributed by atoms with E-state index in [2.05, 4.69) is 6.07 Å². The van der Waals surface area contributed by atoms with Gasteiger partial charge in [-0.05, 0) is 53.6 Å². The third-order valence-electron chi connectivity index (χ3n) is 5.06. The monoisotopic (exact) mass is 328 g/mol. The second kappa shape index (κ2) is 7.80. The summed E-state index contributed by atoms with van der Waals surface area (Å²) < 4.78 is 19.8. The van der Waals surface area contributed by atoms with Gasteiger partial charge in [0.15, 0.2) is 0 Å². The molecular formula is C21H25FO2. The largest absolute Gasteiger partial charge is 0.497 e. The quantitative estimate of drug-likeness (QED) is 0.758. The van der Waals surface area contributed by atoms with Gasteiger partial charge in [-0.3, -0.25) is 0 Å². The van der Waals surface area contributed by atoms with Crippen LogP contribution in [0.5, 0.6) is 5.75 Å². The smallest absolute Gasteiger partial charge is 0.131 e. The van der Waals surface area contributed by atoms with Gasteiger partial charge in [0.25, 0.3) is 0 Å². The molecule has 1 aliphatic rings. The number of hydrogen-bond donors (Lipinski definition) is 1. The number of rotatable bonds is 4. The average molecular weight is 328 g/mol. The Kier molecular flexibility index (Phi) is 5.52. The average Bonchev–Trinajstić information content (AvgIpc) is 2.91. The predicted octanol–water partition coefficient (Wildman–Crippen LogP) is 5.43. The second-order valence-electron chi connectivity index (χ2n) is 6.61. The Morgan fingerprint density at radius 3 is 2.42 bits per heavy atom. The molecule has 0 aliphatic heterocycles. The molecular weight excluding hydrogens is 303 g/mol. The molecule has 0 amide bonds. The molecule has 1 N–H and O–H groups in total. The van der Waals surface area contributed by atoms with Crippen LogP contribution in [-0.2, 0) is 6.61 Å². The molecule has 1 aliphatic carbocycles. The summed E-state index contributed by atoms with van der Waals surface area (Å²) in [6, 6.07) is 10.8. The zero-order valence-corrected chi connectivity index (χ0v) is 14.2. The van der Waals surface area contributed by atoms with Gasteiger partial charge in [-0.25, -0.2) is 4.39 Å². The number of ether oxygens (including phenoxy) is 1. The highest BCUT2D eigenvalue weighted by Crippen LogP contribution is 2.39. The molecule has 1 fully saturated rings. The van der Waals surface area contributed by atoms with Crippen LogP contribution in [0.3, 0.4) is 0 Å². The molecule has 3 heteroatoms. The molecule has 0 spiro atoms. The lowest BCUT2D eigenvalue weighted by Gasteiger charge is -2.20. The van der Waals surface area contributed by atoms with E-state index in [0.717, 1.165) is 29.5 Å². The van der Waals surface area contributed by atoms with E-state index < -0.39 is 0 Å². The van der Waals surface area contributed by atoms with Gasteiger partial charge in [0.05, 0.1) is 13.7 Å². The Morgan fingerprint density at radius 2 is 1.75 bits per heavy atom. The van der Waals surface area contributed by atoms with Crippen molar-refractivity contribution in [3.05, 3.63) is 53.3 Å². The summed E-state index contributed by atoms with van der Waals surface area (Å²) in [6.07, 6.45) is 7.25. The molecule has 24 heavy (non-hydrogen) atoms. The van der Waals surface area contributed by atoms with Crippen LogP contribution in [0.15, 0.2) is 36.4 Å². The summed E-state index contributed by atoms with van der Waals surface area (Å²) in [6.45, 7) is 0.0145. The summed E-state index contributed by atoms with van der Waals surface area (Å²) in [5.74, 6) is 0.853. The van der Waals surface area contributed by atoms with Crippen molar-refractivity contribution in [3.63, 3.8) is 0 Å². The summed E-state index contributed by atoms with van der Waals surface area (Å²) in [5.41, 5.74) is 3.56. The van der Waals surface area contributed by atoms with Crippen LogP contribution < -0.4 is 4.74 Å². The molecule has 0 heterocycles. The Morgan fingerprint density at radius 1 is 1.00 bits per heavy atom. The van der Waals surface area contributed by atoms with Crippen LogP contribution in [0.2, 0.25) is 0 Å². The molecule has 2 aromatic carbocycles. The number of hydrogen-bond acceptors (Lipinski definition) is 2. The molecule has 0 atom stereocenters. The van der Waals surface area contributed by atoms with E-state index in [1.165, 1.54) is 31.7 Å². The fourth-order valence-electron chi connectivity index (χ4n) is 3.72. The standard InChI is InChI=1S/C21H25FO2/c1-24-17-9-11-21(22)20(13-17)18-10-8-15(14-23)12-19(18)16-6-4-2-3-5-7-16/h8-13,16,23H,2-7,14H2,1H3. The molecule has 0 bridgehead atoms. The SMILES string of the molecule is COc1ccc(F)c(-c2ccc(CO)cc2C2CCCCCC2)c1. The molecule has 0 aromatic heterocycles. The van der Waals surface area contributed by atoms with Gasteiger partial charge < -0.3 is 9.84 Å². The van der Waals surface area contributed by atoms with E-state index in [4.69, 9.17) is 4.74 Å². The molecule has 2 aromatic rings. The van der Waals surface area contributed by atoms with Gasteiger partial charge in [0.2, 0.25) is 0 Å². The number of methoxy groups -OCH3 is 1. The molecule has 1 saturated carbocycles. The molecule has 0 saturated heterocycles. The van der Waals surface area contributed by atoms with E-state index in [0.29, 0.717) is 17.2 Å². The van der Waals surface area contributed by atoms with Gasteiger partial charge in [-0.1, -0.05) is 43.9 Å². The Bertz CT molecular complexity index is 688. The Hall–Kier alpha value is -1.87. The van der Waals surface area contributed by atoms with Crippen LogP contribution in [0.4, 0.5) is 4.39 Å². The molecule has 0 unspecified atom stereocenters. The minimum absolute atomic E-state index is 0.0145. The van der Waals surface area contributed by atoms with Crippen molar-refractivity contribution in [2.24, 2.45) is 0 Å². The van der Waals surface area contributed by atoms with Crippen LogP contribution in [-0.4, -0.2) is 12.2 Å². The van der Waals surface area contributed by atoms with Gasteiger partial charge in [-0.15, -0.1) is 0 Å². The number of aliphatic hydroxyl groups is 1. The fraction of sp³-hybridized carbons (Fsp3) is 0.429. The normalized spacial score (nSPS) is 16.0. The summed E-state index contributed by atoms with van der Waals surface area (Å²) in [5, 5.41) is 9.52. The van der Waals surface area contributed by atoms with E-state index in [1.54, 1.807) is 19.2 Å². The van der Waals surface area contributed by atoms with Crippen molar-refractivity contribution in [1.29, 1.82) is 0 Å². The summed E-state index contributed by atoms with van der Waals surface area (Å²) in [4.78, 5) is 0. The maximum absolute atomic E-state index is 14.5. The lowest BCUT2D eigenvalue weighted by atomic mass is 9.85. The van der Waals surface area contributed by atoms with Crippen LogP contribution in [0, 0.1) is 5.82 Å². The first-order valence-electron chi connectivity index (χ1n) is 8.80. The van der Waals surface area contributed by atoms with Gasteiger partial charge in [-0.2, -0.15) is 0 Å². The fourth-order valence-corrected chi connectivity index (χ4v) is 3.72. The van der Waals surface area contributed by atoms with Crippen LogP contribution in [0.1, 0.15) is 55.6 Å². The predicted molar refractivity (Wildman–Crippen MR) is 94.8 cm³/mol. The number of benzene rings is 2. The van der Waals surface area contributed by atoms with Gasteiger partial charge in [0.1, 0.15) is 11.6 Å². The maximum Gasteiger partial charge on any atom is 0.131 e. The van der Waals surface area contributed by atoms with Crippen molar-refractivity contribution >= 4 is 0 Å². The first-order valence-corrected chi connectivity index (χ1v) is 8.80. The highest BCUT2D eigenvalue weighted by molar-refractivity contribution is 5.70. The van der Waals surface area contributed by atoms with Crippen molar-refractivity contribution in [2.45, 2.75) is 51.0 Å². The molecule has 0 radical (unpaired) electrons. The maximum atomic E-state index is 14.5. The number of halogens is 1. The van der Waals surface area contributed by atoms with Crippen molar-refractivity contribution in [3.8, 4) is 16.9 Å². The van der Waals surface area contributed by atoms with Crippen LogP contribution in [0.25, 0.3) is 11.1 Å². The summed E-state index contributed by atoms with van der Waals surface area (Å²) >= 11 is 0. The van der Waals surface area contributed by atoms with E-state index in [-0.39, 0.29) is 12.4 Å². The third-order valence-corrected chi connectivity index (χ3v) is 5.06. The minimum atomic E-state index is -0.234. The van der Waals surface area contributed by atoms with E-state index in [1.807, 2.05) is 12.1 Å². The highest BCUT2D eigenvalue weighted by atomic mass is 19.1. The molecule has 2 nitrogen and oxygen atoms in total. The minimum Gasteiger partial charge on any atom is -0.497 e. The first kappa shape index (κ1) is 17.0. The lowest BCUT2D eigenvalue weighted by Crippen LogP contribution is -2.03. The zero-order chi connectivity index (χ0) is 16.9. The number of aliphatic hydroxyl groups excluding tert-OH is 1. The molecule has 3 rings (SSSR count). The van der Waals surface area contributed by atoms with Crippen molar-refractivity contribution in [2.75, 3.05) is 7.11 Å². The summed E-state index contributed by atoms with van der Waals surface area (Å²) in [7, 11) is 1.60. The van der Waals surface area contributed by atoms with Gasteiger partial charge >= 0.3 is 0 Å². The van der Waals surface area contributed by atoms with Crippen LogP contribution >= 0.6 is 0 Å². The first-order chi connectivity index (χ1) is 11.7. The van der Waals surface area contributed by atoms with Gasteiger partial charge in [0, 0.05) is 5.56 Å². The van der Waals surface area contributed by atoms with E-state index >= 15 is 0 Å². The third kappa shape index (κ3) is 3.62.